The minimum atomic E-state index is -4.53. The summed E-state index contributed by atoms with van der Waals surface area (Å²) in [5, 5.41) is 0. The molecule has 0 saturated heterocycles. The summed E-state index contributed by atoms with van der Waals surface area (Å²) in [6.45, 7) is 10.8. The van der Waals surface area contributed by atoms with Gasteiger partial charge in [0.1, 0.15) is 23.0 Å². The van der Waals surface area contributed by atoms with Crippen LogP contribution in [0.1, 0.15) is 38.9 Å². The smallest absolute Gasteiger partial charge is 0.426 e. The number of benzene rings is 7. The number of rotatable bonds is 17. The van der Waals surface area contributed by atoms with Crippen LogP contribution in [-0.2, 0) is 26.6 Å². The molecule has 10 nitrogen and oxygen atoms in total. The van der Waals surface area contributed by atoms with Gasteiger partial charge < -0.3 is 18.1 Å². The average Bonchev–Trinajstić information content (AvgIpc) is 3.26. The molecule has 0 amide bonds. The Morgan fingerprint density at radius 3 is 1.13 bits per heavy atom. The Morgan fingerprint density at radius 1 is 0.397 bits per heavy atom. The van der Waals surface area contributed by atoms with Gasteiger partial charge in [-0.2, -0.15) is 4.08 Å². The minimum Gasteiger partial charge on any atom is -0.426 e. The van der Waals surface area contributed by atoms with Crippen molar-refractivity contribution in [1.82, 2.24) is 4.08 Å². The Balaban J connectivity index is 1.46. The van der Waals surface area contributed by atoms with Crippen molar-refractivity contribution in [3.8, 4) is 23.0 Å². The van der Waals surface area contributed by atoms with Crippen molar-refractivity contribution in [2.75, 3.05) is 4.08 Å². The molecule has 0 saturated carbocycles. The topological polar surface area (TPSA) is 112 Å². The van der Waals surface area contributed by atoms with Gasteiger partial charge in [-0.15, -0.1) is 4.08 Å². The Kier molecular flexibility index (Phi) is 14.2. The first-order valence-electron chi connectivity index (χ1n) is 20.1. The molecule has 0 aliphatic rings. The van der Waals surface area contributed by atoms with Crippen LogP contribution in [0.25, 0.3) is 0 Å². The molecular formula is C49H48N2O8P2S2. The summed E-state index contributed by atoms with van der Waals surface area (Å²) in [4.78, 5) is -0.0219. The van der Waals surface area contributed by atoms with E-state index < -0.39 is 43.6 Å². The molecule has 0 radical (unpaired) electrons. The Morgan fingerprint density at radius 2 is 0.730 bits per heavy atom. The normalized spacial score (nSPS) is 11.8. The van der Waals surface area contributed by atoms with E-state index in [1.807, 2.05) is 90.1 Å². The molecule has 0 heterocycles. The fourth-order valence-corrected chi connectivity index (χ4v) is 13.4. The maximum absolute atomic E-state index is 15.4. The number of nitrogens with zero attached hydrogens (tertiary/aromatic N) is 2. The molecule has 0 aliphatic heterocycles. The second-order valence-electron chi connectivity index (χ2n) is 14.9. The molecule has 0 atom stereocenters. The lowest BCUT2D eigenvalue weighted by molar-refractivity contribution is 0.416. The molecule has 0 fully saturated rings. The van der Waals surface area contributed by atoms with E-state index in [0.29, 0.717) is 28.6 Å². The first-order valence-corrected chi connectivity index (χ1v) is 25.2. The lowest BCUT2D eigenvalue weighted by Crippen LogP contribution is -2.33. The van der Waals surface area contributed by atoms with Gasteiger partial charge in [0.25, 0.3) is 20.0 Å². The third-order valence-electron chi connectivity index (χ3n) is 10.1. The van der Waals surface area contributed by atoms with E-state index in [2.05, 4.69) is 0 Å². The number of hydrogen-bond acceptors (Lipinski definition) is 8. The highest BCUT2D eigenvalue weighted by Crippen LogP contribution is 2.54. The van der Waals surface area contributed by atoms with E-state index in [0.717, 1.165) is 37.5 Å². The monoisotopic (exact) mass is 918 g/mol. The van der Waals surface area contributed by atoms with Crippen molar-refractivity contribution in [1.29, 1.82) is 0 Å². The van der Waals surface area contributed by atoms with Gasteiger partial charge in [0.2, 0.25) is 0 Å². The fraction of sp³-hybridized carbons (Fsp3) is 0.143. The molecule has 7 aromatic carbocycles. The van der Waals surface area contributed by atoms with Gasteiger partial charge in [0, 0.05) is 0 Å². The highest BCUT2D eigenvalue weighted by atomic mass is 32.2. The van der Waals surface area contributed by atoms with Crippen LogP contribution in [0.4, 0.5) is 5.69 Å². The largest absolute Gasteiger partial charge is 0.432 e. The predicted octanol–water partition coefficient (Wildman–Crippen LogP) is 12.7. The zero-order chi connectivity index (χ0) is 44.7. The molecule has 0 unspecified atom stereocenters. The second kappa shape index (κ2) is 19.8. The summed E-state index contributed by atoms with van der Waals surface area (Å²) < 4.78 is 90.4. The summed E-state index contributed by atoms with van der Waals surface area (Å²) in [7, 11) is -14.1. The van der Waals surface area contributed by atoms with E-state index in [4.69, 9.17) is 18.1 Å². The minimum absolute atomic E-state index is 0.00277. The fourth-order valence-electron chi connectivity index (χ4n) is 6.33. The van der Waals surface area contributed by atoms with E-state index in [-0.39, 0.29) is 15.5 Å². The molecule has 0 aliphatic carbocycles. The van der Waals surface area contributed by atoms with Gasteiger partial charge in [-0.25, -0.2) is 16.8 Å². The van der Waals surface area contributed by atoms with Crippen LogP contribution in [0, 0.1) is 41.5 Å². The molecule has 14 heteroatoms. The average molecular weight is 919 g/mol. The van der Waals surface area contributed by atoms with E-state index in [1.165, 1.54) is 28.3 Å². The SMILES string of the molecule is Cc1ccc(S(=O)(=O)N(Cc2ccccc2N(P(Oc2ccccc2C)Oc2ccccc2C)S(=O)(=O)c2ccc(C)cc2)P(Oc2ccccc2C)Oc2ccccc2C)cc1. The third kappa shape index (κ3) is 10.6. The maximum Gasteiger partial charge on any atom is 0.432 e. The summed E-state index contributed by atoms with van der Waals surface area (Å²) in [6, 6.07) is 48.9. The molecule has 0 spiro atoms. The number of aryl methyl sites for hydroxylation is 6. The Bertz CT molecular complexity index is 2820. The zero-order valence-corrected chi connectivity index (χ0v) is 39.2. The third-order valence-corrected chi connectivity index (χ3v) is 17.6. The number of sulfonamides is 2. The zero-order valence-electron chi connectivity index (χ0n) is 35.7. The van der Waals surface area contributed by atoms with Crippen molar-refractivity contribution in [3.05, 3.63) is 209 Å². The van der Waals surface area contributed by atoms with Crippen LogP contribution in [0.2, 0.25) is 0 Å². The molecule has 0 N–H and O–H groups in total. The Labute approximate surface area is 373 Å². The lowest BCUT2D eigenvalue weighted by Gasteiger charge is -2.33. The van der Waals surface area contributed by atoms with Gasteiger partial charge in [-0.3, -0.25) is 0 Å². The maximum atomic E-state index is 15.4. The number of para-hydroxylation sites is 5. The van der Waals surface area contributed by atoms with Crippen molar-refractivity contribution in [2.24, 2.45) is 0 Å². The first-order chi connectivity index (χ1) is 30.2. The first kappa shape index (κ1) is 45.3. The van der Waals surface area contributed by atoms with E-state index in [1.54, 1.807) is 97.1 Å². The molecule has 7 aromatic rings. The molecule has 0 aromatic heterocycles. The van der Waals surface area contributed by atoms with Gasteiger partial charge in [-0.05, 0) is 124 Å². The van der Waals surface area contributed by atoms with Gasteiger partial charge in [0.15, 0.2) is 0 Å². The van der Waals surface area contributed by atoms with Gasteiger partial charge in [0.05, 0.1) is 22.0 Å². The van der Waals surface area contributed by atoms with E-state index in [9.17, 15) is 0 Å². The van der Waals surface area contributed by atoms with Crippen LogP contribution < -0.4 is 22.2 Å². The lowest BCUT2D eigenvalue weighted by atomic mass is 10.2. The standard InChI is InChI=1S/C49H48N2O8P2S2/c1-36-27-31-43(32-28-36)62(52,53)50(60(56-46-23-13-7-17-38(46)3)57-47-24-14-8-18-39(47)4)35-42-21-11-12-22-45(42)51(63(54,55)44-33-29-37(2)30-34-44)61(58-48-25-15-9-19-40(48)5)59-49-26-16-10-20-41(49)6/h7-34H,35H2,1-6H3. The van der Waals surface area contributed by atoms with Crippen molar-refractivity contribution in [2.45, 2.75) is 57.9 Å². The second-order valence-corrected chi connectivity index (χ2v) is 21.6. The molecule has 63 heavy (non-hydrogen) atoms. The number of anilines is 1. The van der Waals surface area contributed by atoms with Crippen LogP contribution >= 0.6 is 17.1 Å². The quantitative estimate of drug-likeness (QED) is 0.0830. The van der Waals surface area contributed by atoms with Crippen molar-refractivity contribution >= 4 is 42.8 Å². The predicted molar refractivity (Wildman–Crippen MR) is 252 cm³/mol. The van der Waals surface area contributed by atoms with Crippen molar-refractivity contribution in [3.63, 3.8) is 0 Å². The van der Waals surface area contributed by atoms with Gasteiger partial charge in [-0.1, -0.05) is 126 Å². The van der Waals surface area contributed by atoms with Gasteiger partial charge >= 0.3 is 17.1 Å². The summed E-state index contributed by atoms with van der Waals surface area (Å²) in [5.41, 5.74) is 5.17. The van der Waals surface area contributed by atoms with Crippen molar-refractivity contribution < 1.29 is 34.9 Å². The summed E-state index contributed by atoms with van der Waals surface area (Å²) in [6.07, 6.45) is 0. The highest BCUT2D eigenvalue weighted by molar-refractivity contribution is 7.99. The molecule has 0 bridgehead atoms. The molecule has 324 valence electrons. The van der Waals surface area contributed by atoms with Crippen LogP contribution in [0.3, 0.4) is 0 Å². The highest BCUT2D eigenvalue weighted by Gasteiger charge is 2.43. The van der Waals surface area contributed by atoms with Crippen LogP contribution in [-0.4, -0.2) is 20.9 Å². The number of hydrogen-bond donors (Lipinski definition) is 0. The van der Waals surface area contributed by atoms with E-state index >= 15 is 16.8 Å². The summed E-state index contributed by atoms with van der Waals surface area (Å²) in [5.74, 6) is 1.65. The Hall–Kier alpha value is -5.74. The molecule has 7 rings (SSSR count). The molecular weight excluding hydrogens is 871 g/mol. The van der Waals surface area contributed by atoms with Crippen LogP contribution in [0.15, 0.2) is 180 Å². The van der Waals surface area contributed by atoms with Crippen LogP contribution in [0.5, 0.6) is 23.0 Å². The summed E-state index contributed by atoms with van der Waals surface area (Å²) >= 11 is 0.